The van der Waals surface area contributed by atoms with Crippen LogP contribution in [0.5, 0.6) is 5.75 Å². The molecule has 1 aliphatic heterocycles. The summed E-state index contributed by atoms with van der Waals surface area (Å²) in [5, 5.41) is 12.8. The Balaban J connectivity index is 2.04. The maximum absolute atomic E-state index is 12.3. The third-order valence-electron chi connectivity index (χ3n) is 3.37. The number of aromatic hydroxyl groups is 1. The number of nitrogens with zero attached hydrogens (tertiary/aromatic N) is 1. The Bertz CT molecular complexity index is 414. The van der Waals surface area contributed by atoms with Crippen molar-refractivity contribution in [3.8, 4) is 5.75 Å². The maximum Gasteiger partial charge on any atom is 0.254 e. The third-order valence-corrected chi connectivity index (χ3v) is 3.37. The summed E-state index contributed by atoms with van der Waals surface area (Å²) in [5.74, 6) is 0.123. The lowest BCUT2D eigenvalue weighted by molar-refractivity contribution is 0.0751. The predicted octanol–water partition coefficient (Wildman–Crippen LogP) is 1.61. The number of phenolic OH excluding ortho intramolecular Hbond substituents is 1. The van der Waals surface area contributed by atoms with Crippen LogP contribution in [0.2, 0.25) is 0 Å². The summed E-state index contributed by atoms with van der Waals surface area (Å²) in [6, 6.07) is 6.95. The molecule has 1 unspecified atom stereocenters. The van der Waals surface area contributed by atoms with Gasteiger partial charge in [-0.3, -0.25) is 4.79 Å². The van der Waals surface area contributed by atoms with E-state index >= 15 is 0 Å². The number of nitrogens with one attached hydrogen (secondary N) is 1. The van der Waals surface area contributed by atoms with Crippen LogP contribution < -0.4 is 5.32 Å². The zero-order valence-electron chi connectivity index (χ0n) is 10.7. The molecular formula is C14H20N2O2. The van der Waals surface area contributed by atoms with Gasteiger partial charge in [0, 0.05) is 24.7 Å². The van der Waals surface area contributed by atoms with Crippen LogP contribution in [0.3, 0.4) is 0 Å². The third kappa shape index (κ3) is 3.01. The van der Waals surface area contributed by atoms with Crippen LogP contribution in [0.1, 0.15) is 30.1 Å². The monoisotopic (exact) mass is 248 g/mol. The fraction of sp³-hybridized carbons (Fsp3) is 0.500. The smallest absolute Gasteiger partial charge is 0.254 e. The van der Waals surface area contributed by atoms with Gasteiger partial charge in [-0.2, -0.15) is 0 Å². The van der Waals surface area contributed by atoms with Crippen molar-refractivity contribution in [2.24, 2.45) is 0 Å². The molecule has 0 bridgehead atoms. The average molecular weight is 248 g/mol. The highest BCUT2D eigenvalue weighted by Gasteiger charge is 2.21. The largest absolute Gasteiger partial charge is 0.508 e. The molecular weight excluding hydrogens is 228 g/mol. The van der Waals surface area contributed by atoms with E-state index in [0.717, 1.165) is 19.5 Å². The van der Waals surface area contributed by atoms with E-state index < -0.39 is 0 Å². The number of likely N-dealkylation sites (N-methyl/N-ethyl adjacent to an activating group) is 1. The van der Waals surface area contributed by atoms with Crippen molar-refractivity contribution < 1.29 is 9.90 Å². The quantitative estimate of drug-likeness (QED) is 0.851. The first-order chi connectivity index (χ1) is 8.70. The molecule has 98 valence electrons. The van der Waals surface area contributed by atoms with E-state index in [0.29, 0.717) is 18.2 Å². The van der Waals surface area contributed by atoms with Gasteiger partial charge in [0.1, 0.15) is 5.75 Å². The zero-order chi connectivity index (χ0) is 13.0. The van der Waals surface area contributed by atoms with E-state index in [1.807, 2.05) is 11.8 Å². The molecule has 2 N–H and O–H groups in total. The Kier molecular flexibility index (Phi) is 4.20. The predicted molar refractivity (Wildman–Crippen MR) is 70.7 cm³/mol. The topological polar surface area (TPSA) is 52.6 Å². The second-order valence-corrected chi connectivity index (χ2v) is 4.69. The molecule has 0 saturated carbocycles. The molecule has 0 aromatic heterocycles. The number of amides is 1. The molecule has 1 atom stereocenters. The van der Waals surface area contributed by atoms with E-state index in [2.05, 4.69) is 5.32 Å². The summed E-state index contributed by atoms with van der Waals surface area (Å²) >= 11 is 0. The van der Waals surface area contributed by atoms with E-state index in [-0.39, 0.29) is 11.7 Å². The van der Waals surface area contributed by atoms with Gasteiger partial charge in [0.15, 0.2) is 0 Å². The molecule has 1 saturated heterocycles. The van der Waals surface area contributed by atoms with Gasteiger partial charge in [-0.25, -0.2) is 0 Å². The maximum atomic E-state index is 12.3. The van der Waals surface area contributed by atoms with E-state index in [1.165, 1.54) is 12.5 Å². The van der Waals surface area contributed by atoms with Gasteiger partial charge in [0.2, 0.25) is 0 Å². The lowest BCUT2D eigenvalue weighted by Gasteiger charge is -2.24. The van der Waals surface area contributed by atoms with Crippen LogP contribution in [-0.4, -0.2) is 41.6 Å². The van der Waals surface area contributed by atoms with E-state index in [4.69, 9.17) is 0 Å². The molecule has 2 rings (SSSR count). The minimum atomic E-state index is -0.0119. The fourth-order valence-electron chi connectivity index (χ4n) is 2.36. The Morgan fingerprint density at radius 2 is 2.39 bits per heavy atom. The van der Waals surface area contributed by atoms with Crippen molar-refractivity contribution in [1.29, 1.82) is 0 Å². The first kappa shape index (κ1) is 12.9. The lowest BCUT2D eigenvalue weighted by atomic mass is 10.1. The van der Waals surface area contributed by atoms with Gasteiger partial charge in [0.25, 0.3) is 5.91 Å². The van der Waals surface area contributed by atoms with Crippen molar-refractivity contribution in [2.45, 2.75) is 25.8 Å². The molecule has 1 aliphatic rings. The molecule has 1 fully saturated rings. The highest BCUT2D eigenvalue weighted by Crippen LogP contribution is 2.14. The number of hydrogen-bond acceptors (Lipinski definition) is 3. The summed E-state index contributed by atoms with van der Waals surface area (Å²) in [6.45, 7) is 4.45. The Morgan fingerprint density at radius 3 is 3.00 bits per heavy atom. The molecule has 0 radical (unpaired) electrons. The lowest BCUT2D eigenvalue weighted by Crippen LogP contribution is -2.41. The summed E-state index contributed by atoms with van der Waals surface area (Å²) in [5.41, 5.74) is 0.551. The highest BCUT2D eigenvalue weighted by atomic mass is 16.3. The molecule has 1 amide bonds. The fourth-order valence-corrected chi connectivity index (χ4v) is 2.36. The van der Waals surface area contributed by atoms with Crippen molar-refractivity contribution >= 4 is 5.91 Å². The van der Waals surface area contributed by atoms with E-state index in [1.54, 1.807) is 18.2 Å². The molecule has 4 nitrogen and oxygen atoms in total. The molecule has 0 aliphatic carbocycles. The summed E-state index contributed by atoms with van der Waals surface area (Å²) < 4.78 is 0. The number of carbonyl (C=O) groups is 1. The highest BCUT2D eigenvalue weighted by molar-refractivity contribution is 5.94. The van der Waals surface area contributed by atoms with Gasteiger partial charge < -0.3 is 15.3 Å². The first-order valence-electron chi connectivity index (χ1n) is 6.52. The summed E-state index contributed by atoms with van der Waals surface area (Å²) in [6.07, 6.45) is 2.31. The second-order valence-electron chi connectivity index (χ2n) is 4.69. The van der Waals surface area contributed by atoms with Crippen LogP contribution in [0.25, 0.3) is 0 Å². The molecule has 4 heteroatoms. The van der Waals surface area contributed by atoms with Crippen molar-refractivity contribution in [2.75, 3.05) is 19.6 Å². The Labute approximate surface area is 108 Å². The number of phenols is 1. The number of carbonyl (C=O) groups excluding carboxylic acids is 1. The van der Waals surface area contributed by atoms with Gasteiger partial charge in [0.05, 0.1) is 0 Å². The number of rotatable bonds is 4. The zero-order valence-corrected chi connectivity index (χ0v) is 10.7. The normalized spacial score (nSPS) is 18.8. The van der Waals surface area contributed by atoms with Crippen LogP contribution in [0.4, 0.5) is 0 Å². The SMILES string of the molecule is CCN(CC1CCCN1)C(=O)c1cccc(O)c1. The minimum Gasteiger partial charge on any atom is -0.508 e. The van der Waals surface area contributed by atoms with Crippen molar-refractivity contribution in [3.05, 3.63) is 29.8 Å². The summed E-state index contributed by atoms with van der Waals surface area (Å²) in [4.78, 5) is 14.1. The Morgan fingerprint density at radius 1 is 1.56 bits per heavy atom. The van der Waals surface area contributed by atoms with Crippen LogP contribution in [0, 0.1) is 0 Å². The van der Waals surface area contributed by atoms with Crippen LogP contribution in [0.15, 0.2) is 24.3 Å². The molecule has 1 aromatic rings. The van der Waals surface area contributed by atoms with Gasteiger partial charge in [-0.1, -0.05) is 6.07 Å². The van der Waals surface area contributed by atoms with Gasteiger partial charge in [-0.15, -0.1) is 0 Å². The molecule has 1 aromatic carbocycles. The van der Waals surface area contributed by atoms with Crippen molar-refractivity contribution in [3.63, 3.8) is 0 Å². The number of benzene rings is 1. The first-order valence-corrected chi connectivity index (χ1v) is 6.52. The van der Waals surface area contributed by atoms with Crippen molar-refractivity contribution in [1.82, 2.24) is 10.2 Å². The number of hydrogen-bond donors (Lipinski definition) is 2. The minimum absolute atomic E-state index is 0.0119. The molecule has 0 spiro atoms. The van der Waals surface area contributed by atoms with E-state index in [9.17, 15) is 9.90 Å². The second kappa shape index (κ2) is 5.87. The Hall–Kier alpha value is -1.55. The van der Waals surface area contributed by atoms with Gasteiger partial charge in [-0.05, 0) is 44.5 Å². The van der Waals surface area contributed by atoms with Crippen LogP contribution >= 0.6 is 0 Å². The molecule has 1 heterocycles. The van der Waals surface area contributed by atoms with Gasteiger partial charge >= 0.3 is 0 Å². The standard InChI is InChI=1S/C14H20N2O2/c1-2-16(10-12-6-4-8-15-12)14(18)11-5-3-7-13(17)9-11/h3,5,7,9,12,15,17H,2,4,6,8,10H2,1H3. The average Bonchev–Trinajstić information content (AvgIpc) is 2.88. The van der Waals surface area contributed by atoms with Crippen LogP contribution in [-0.2, 0) is 0 Å². The summed E-state index contributed by atoms with van der Waals surface area (Å²) in [7, 11) is 0. The molecule has 18 heavy (non-hydrogen) atoms.